The van der Waals surface area contributed by atoms with E-state index in [0.29, 0.717) is 17.7 Å². The number of aromatic nitrogens is 2. The maximum absolute atomic E-state index is 12.8. The van der Waals surface area contributed by atoms with Gasteiger partial charge in [-0.05, 0) is 31.6 Å². The molecule has 1 aliphatic heterocycles. The van der Waals surface area contributed by atoms with Crippen LogP contribution < -0.4 is 0 Å². The van der Waals surface area contributed by atoms with Gasteiger partial charge in [-0.25, -0.2) is 4.98 Å². The SMILES string of the molecule is O=C(c1cnccn1)N1CCCCC[C@H]1C1CCCCC1. The number of likely N-dealkylation sites (tertiary alicyclic amines) is 1. The minimum Gasteiger partial charge on any atom is -0.334 e. The predicted octanol–water partition coefficient (Wildman–Crippen LogP) is 3.44. The molecular weight excluding hydrogens is 262 g/mol. The van der Waals surface area contributed by atoms with E-state index in [1.54, 1.807) is 18.6 Å². The molecule has 0 aromatic carbocycles. The zero-order chi connectivity index (χ0) is 14.5. The molecule has 1 saturated heterocycles. The zero-order valence-corrected chi connectivity index (χ0v) is 12.7. The topological polar surface area (TPSA) is 46.1 Å². The minimum absolute atomic E-state index is 0.0839. The zero-order valence-electron chi connectivity index (χ0n) is 12.7. The van der Waals surface area contributed by atoms with Crippen LogP contribution in [-0.4, -0.2) is 33.4 Å². The van der Waals surface area contributed by atoms with E-state index >= 15 is 0 Å². The van der Waals surface area contributed by atoms with Gasteiger partial charge in [0.15, 0.2) is 0 Å². The molecule has 0 bridgehead atoms. The molecule has 0 N–H and O–H groups in total. The van der Waals surface area contributed by atoms with Crippen LogP contribution in [-0.2, 0) is 0 Å². The molecule has 1 saturated carbocycles. The van der Waals surface area contributed by atoms with Crippen molar-refractivity contribution in [2.24, 2.45) is 5.92 Å². The lowest BCUT2D eigenvalue weighted by atomic mass is 9.81. The number of nitrogens with zero attached hydrogens (tertiary/aromatic N) is 3. The molecule has 3 rings (SSSR count). The van der Waals surface area contributed by atoms with E-state index < -0.39 is 0 Å². The van der Waals surface area contributed by atoms with Crippen molar-refractivity contribution in [1.82, 2.24) is 14.9 Å². The third-order valence-corrected chi connectivity index (χ3v) is 5.04. The molecule has 1 aliphatic carbocycles. The first kappa shape index (κ1) is 14.5. The van der Waals surface area contributed by atoms with E-state index in [0.717, 1.165) is 19.4 Å². The minimum atomic E-state index is 0.0839. The van der Waals surface area contributed by atoms with Crippen LogP contribution >= 0.6 is 0 Å². The standard InChI is InChI=1S/C17H25N3O/c21-17(15-13-18-10-11-19-15)20-12-6-2-5-9-16(20)14-7-3-1-4-8-14/h10-11,13-14,16H,1-9,12H2/t16-/m0/s1. The van der Waals surface area contributed by atoms with Crippen molar-refractivity contribution in [1.29, 1.82) is 0 Å². The van der Waals surface area contributed by atoms with Gasteiger partial charge in [-0.3, -0.25) is 9.78 Å². The number of amides is 1. The van der Waals surface area contributed by atoms with Crippen LogP contribution in [0.5, 0.6) is 0 Å². The molecule has 4 nitrogen and oxygen atoms in total. The molecular formula is C17H25N3O. The summed E-state index contributed by atoms with van der Waals surface area (Å²) >= 11 is 0. The highest BCUT2D eigenvalue weighted by atomic mass is 16.2. The average Bonchev–Trinajstić information content (AvgIpc) is 2.81. The lowest BCUT2D eigenvalue weighted by molar-refractivity contribution is 0.0568. The van der Waals surface area contributed by atoms with Crippen molar-refractivity contribution in [3.63, 3.8) is 0 Å². The van der Waals surface area contributed by atoms with Crippen LogP contribution in [0.3, 0.4) is 0 Å². The molecule has 114 valence electrons. The van der Waals surface area contributed by atoms with Crippen LogP contribution in [0.25, 0.3) is 0 Å². The van der Waals surface area contributed by atoms with Crippen LogP contribution in [0.2, 0.25) is 0 Å². The first-order valence-corrected chi connectivity index (χ1v) is 8.43. The van der Waals surface area contributed by atoms with Gasteiger partial charge in [0.2, 0.25) is 0 Å². The van der Waals surface area contributed by atoms with Gasteiger partial charge < -0.3 is 4.90 Å². The van der Waals surface area contributed by atoms with Crippen LogP contribution in [0, 0.1) is 5.92 Å². The number of hydrogen-bond acceptors (Lipinski definition) is 3. The van der Waals surface area contributed by atoms with Crippen molar-refractivity contribution in [2.75, 3.05) is 6.54 Å². The lowest BCUT2D eigenvalue weighted by Crippen LogP contribution is -2.45. The number of carbonyl (C=O) groups is 1. The summed E-state index contributed by atoms with van der Waals surface area (Å²) < 4.78 is 0. The molecule has 1 aromatic rings. The van der Waals surface area contributed by atoms with Gasteiger partial charge in [0.25, 0.3) is 5.91 Å². The Morgan fingerprint density at radius 1 is 1.00 bits per heavy atom. The van der Waals surface area contributed by atoms with Gasteiger partial charge in [-0.1, -0.05) is 32.1 Å². The number of hydrogen-bond donors (Lipinski definition) is 0. The second-order valence-electron chi connectivity index (χ2n) is 6.40. The Balaban J connectivity index is 1.79. The van der Waals surface area contributed by atoms with E-state index in [-0.39, 0.29) is 5.91 Å². The fourth-order valence-corrected chi connectivity index (χ4v) is 3.95. The summed E-state index contributed by atoms with van der Waals surface area (Å²) in [6.07, 6.45) is 16.2. The van der Waals surface area contributed by atoms with Crippen molar-refractivity contribution in [3.05, 3.63) is 24.3 Å². The first-order chi connectivity index (χ1) is 10.4. The molecule has 2 aliphatic rings. The molecule has 0 spiro atoms. The third kappa shape index (κ3) is 3.42. The summed E-state index contributed by atoms with van der Waals surface area (Å²) in [5.41, 5.74) is 0.500. The maximum atomic E-state index is 12.8. The fourth-order valence-electron chi connectivity index (χ4n) is 3.95. The molecule has 0 unspecified atom stereocenters. The van der Waals surface area contributed by atoms with Gasteiger partial charge in [-0.2, -0.15) is 0 Å². The molecule has 21 heavy (non-hydrogen) atoms. The van der Waals surface area contributed by atoms with Gasteiger partial charge in [0, 0.05) is 25.0 Å². The molecule has 0 radical (unpaired) electrons. The molecule has 4 heteroatoms. The monoisotopic (exact) mass is 287 g/mol. The van der Waals surface area contributed by atoms with E-state index in [9.17, 15) is 4.79 Å². The van der Waals surface area contributed by atoms with Crippen molar-refractivity contribution in [2.45, 2.75) is 63.8 Å². The summed E-state index contributed by atoms with van der Waals surface area (Å²) in [6, 6.07) is 0.419. The second-order valence-corrected chi connectivity index (χ2v) is 6.40. The van der Waals surface area contributed by atoms with E-state index in [4.69, 9.17) is 0 Å². The smallest absolute Gasteiger partial charge is 0.274 e. The number of carbonyl (C=O) groups excluding carboxylic acids is 1. The highest BCUT2D eigenvalue weighted by Gasteiger charge is 2.33. The maximum Gasteiger partial charge on any atom is 0.274 e. The Bertz CT molecular complexity index is 456. The highest BCUT2D eigenvalue weighted by molar-refractivity contribution is 5.92. The van der Waals surface area contributed by atoms with E-state index in [1.165, 1.54) is 44.9 Å². The first-order valence-electron chi connectivity index (χ1n) is 8.43. The number of rotatable bonds is 2. The van der Waals surface area contributed by atoms with Gasteiger partial charge in [0.05, 0.1) is 6.20 Å². The summed E-state index contributed by atoms with van der Waals surface area (Å²) in [4.78, 5) is 23.2. The molecule has 2 fully saturated rings. The van der Waals surface area contributed by atoms with Gasteiger partial charge in [-0.15, -0.1) is 0 Å². The largest absolute Gasteiger partial charge is 0.334 e. The quantitative estimate of drug-likeness (QED) is 0.837. The second kappa shape index (κ2) is 7.01. The molecule has 1 amide bonds. The van der Waals surface area contributed by atoms with Crippen LogP contribution in [0.1, 0.15) is 68.3 Å². The Morgan fingerprint density at radius 3 is 2.52 bits per heavy atom. The summed E-state index contributed by atoms with van der Waals surface area (Å²) in [6.45, 7) is 0.885. The predicted molar refractivity (Wildman–Crippen MR) is 81.9 cm³/mol. The van der Waals surface area contributed by atoms with Crippen molar-refractivity contribution < 1.29 is 4.79 Å². The molecule has 2 heterocycles. The van der Waals surface area contributed by atoms with E-state index in [1.807, 2.05) is 0 Å². The third-order valence-electron chi connectivity index (χ3n) is 5.04. The van der Waals surface area contributed by atoms with Crippen molar-refractivity contribution >= 4 is 5.91 Å². The molecule has 1 aromatic heterocycles. The Hall–Kier alpha value is -1.45. The Kier molecular flexibility index (Phi) is 4.84. The molecule has 1 atom stereocenters. The summed E-state index contributed by atoms with van der Waals surface area (Å²) in [7, 11) is 0. The van der Waals surface area contributed by atoms with E-state index in [2.05, 4.69) is 14.9 Å². The van der Waals surface area contributed by atoms with Gasteiger partial charge in [0.1, 0.15) is 5.69 Å². The Morgan fingerprint density at radius 2 is 1.76 bits per heavy atom. The fraction of sp³-hybridized carbons (Fsp3) is 0.706. The van der Waals surface area contributed by atoms with Crippen LogP contribution in [0.4, 0.5) is 0 Å². The summed E-state index contributed by atoms with van der Waals surface area (Å²) in [5.74, 6) is 0.776. The summed E-state index contributed by atoms with van der Waals surface area (Å²) in [5, 5.41) is 0. The van der Waals surface area contributed by atoms with Crippen LogP contribution in [0.15, 0.2) is 18.6 Å². The normalized spacial score (nSPS) is 24.6. The Labute approximate surface area is 127 Å². The van der Waals surface area contributed by atoms with Gasteiger partial charge >= 0.3 is 0 Å². The average molecular weight is 287 g/mol. The highest BCUT2D eigenvalue weighted by Crippen LogP contribution is 2.33. The lowest BCUT2D eigenvalue weighted by Gasteiger charge is -2.37. The van der Waals surface area contributed by atoms with Crippen molar-refractivity contribution in [3.8, 4) is 0 Å².